The Labute approximate surface area is 237 Å². The second kappa shape index (κ2) is 10.5. The van der Waals surface area contributed by atoms with Crippen molar-refractivity contribution in [2.24, 2.45) is 5.10 Å². The molecule has 0 atom stereocenters. The van der Waals surface area contributed by atoms with Gasteiger partial charge in [-0.2, -0.15) is 9.78 Å². The SMILES string of the molecule is Cc1cccc(COc2c(Cl)cc(C=Nn3c(-c4cc5ccccc5o4)nc4ccccc4c3=O)cc2Br)c1. The van der Waals surface area contributed by atoms with Gasteiger partial charge in [-0.1, -0.05) is 71.8 Å². The number of halogens is 2. The van der Waals surface area contributed by atoms with Crippen LogP contribution in [0.15, 0.2) is 110 Å². The van der Waals surface area contributed by atoms with Crippen molar-refractivity contribution in [2.45, 2.75) is 13.5 Å². The number of hydrogen-bond donors (Lipinski definition) is 0. The number of furan rings is 1. The summed E-state index contributed by atoms with van der Waals surface area (Å²) >= 11 is 10.1. The fraction of sp³-hybridized carbons (Fsp3) is 0.0645. The lowest BCUT2D eigenvalue weighted by Gasteiger charge is -2.12. The highest BCUT2D eigenvalue weighted by atomic mass is 79.9. The Kier molecular flexibility index (Phi) is 6.77. The first-order chi connectivity index (χ1) is 19.0. The van der Waals surface area contributed by atoms with Gasteiger partial charge in [0.25, 0.3) is 5.56 Å². The molecule has 0 aliphatic rings. The maximum absolute atomic E-state index is 13.5. The topological polar surface area (TPSA) is 69.6 Å². The molecule has 0 aliphatic carbocycles. The molecule has 4 aromatic carbocycles. The maximum Gasteiger partial charge on any atom is 0.282 e. The molecular formula is C31H21BrClN3O3. The number of benzene rings is 4. The number of para-hydroxylation sites is 2. The molecule has 8 heteroatoms. The summed E-state index contributed by atoms with van der Waals surface area (Å²) in [6, 6.07) is 28.3. The third-order valence-corrected chi connectivity index (χ3v) is 7.08. The summed E-state index contributed by atoms with van der Waals surface area (Å²) in [4.78, 5) is 18.2. The highest BCUT2D eigenvalue weighted by Crippen LogP contribution is 2.35. The minimum Gasteiger partial charge on any atom is -0.486 e. The lowest BCUT2D eigenvalue weighted by atomic mass is 10.1. The molecular weight excluding hydrogens is 578 g/mol. The fourth-order valence-electron chi connectivity index (χ4n) is 4.36. The van der Waals surface area contributed by atoms with E-state index in [-0.39, 0.29) is 5.56 Å². The summed E-state index contributed by atoms with van der Waals surface area (Å²) in [6.45, 7) is 2.42. The number of hydrogen-bond acceptors (Lipinski definition) is 5. The van der Waals surface area contributed by atoms with Gasteiger partial charge in [0, 0.05) is 5.39 Å². The van der Waals surface area contributed by atoms with Crippen molar-refractivity contribution in [1.82, 2.24) is 9.66 Å². The predicted octanol–water partition coefficient (Wildman–Crippen LogP) is 8.00. The van der Waals surface area contributed by atoms with Gasteiger partial charge in [0.1, 0.15) is 12.2 Å². The van der Waals surface area contributed by atoms with Crippen LogP contribution in [0.25, 0.3) is 33.5 Å². The molecule has 192 valence electrons. The fourth-order valence-corrected chi connectivity index (χ4v) is 5.34. The van der Waals surface area contributed by atoms with E-state index < -0.39 is 0 Å². The van der Waals surface area contributed by atoms with Crippen LogP contribution < -0.4 is 10.3 Å². The number of nitrogens with zero attached hydrogens (tertiary/aromatic N) is 3. The molecule has 2 aromatic heterocycles. The Hall–Kier alpha value is -4.20. The molecule has 2 heterocycles. The van der Waals surface area contributed by atoms with Crippen molar-refractivity contribution < 1.29 is 9.15 Å². The van der Waals surface area contributed by atoms with Gasteiger partial charge in [0.2, 0.25) is 5.82 Å². The highest BCUT2D eigenvalue weighted by molar-refractivity contribution is 9.10. The zero-order valence-electron chi connectivity index (χ0n) is 20.8. The number of aromatic nitrogens is 2. The monoisotopic (exact) mass is 597 g/mol. The molecule has 0 saturated heterocycles. The Bertz CT molecular complexity index is 1890. The lowest BCUT2D eigenvalue weighted by Crippen LogP contribution is -2.20. The first kappa shape index (κ1) is 25.1. The maximum atomic E-state index is 13.5. The van der Waals surface area contributed by atoms with E-state index in [1.807, 2.05) is 67.6 Å². The van der Waals surface area contributed by atoms with Gasteiger partial charge in [-0.3, -0.25) is 4.79 Å². The van der Waals surface area contributed by atoms with E-state index >= 15 is 0 Å². The van der Waals surface area contributed by atoms with Crippen LogP contribution in [0.3, 0.4) is 0 Å². The molecule has 6 nitrogen and oxygen atoms in total. The van der Waals surface area contributed by atoms with E-state index in [0.29, 0.717) is 55.5 Å². The largest absolute Gasteiger partial charge is 0.486 e. The summed E-state index contributed by atoms with van der Waals surface area (Å²) < 4.78 is 14.0. The quantitative estimate of drug-likeness (QED) is 0.182. The van der Waals surface area contributed by atoms with Crippen molar-refractivity contribution in [3.05, 3.63) is 128 Å². The van der Waals surface area contributed by atoms with Gasteiger partial charge in [-0.25, -0.2) is 4.98 Å². The van der Waals surface area contributed by atoms with Crippen LogP contribution in [0.2, 0.25) is 5.02 Å². The number of ether oxygens (including phenoxy) is 1. The number of aryl methyl sites for hydroxylation is 1. The van der Waals surface area contributed by atoms with E-state index in [9.17, 15) is 4.79 Å². The van der Waals surface area contributed by atoms with Gasteiger partial charge in [-0.15, -0.1) is 0 Å². The summed E-state index contributed by atoms with van der Waals surface area (Å²) in [5, 5.41) is 6.30. The molecule has 39 heavy (non-hydrogen) atoms. The van der Waals surface area contributed by atoms with E-state index in [0.717, 1.165) is 16.5 Å². The van der Waals surface area contributed by atoms with Crippen molar-refractivity contribution in [3.63, 3.8) is 0 Å². The first-order valence-electron chi connectivity index (χ1n) is 12.2. The van der Waals surface area contributed by atoms with Crippen LogP contribution in [-0.4, -0.2) is 15.9 Å². The summed E-state index contributed by atoms with van der Waals surface area (Å²) in [5.41, 5.74) is 3.83. The third kappa shape index (κ3) is 5.11. The van der Waals surface area contributed by atoms with Gasteiger partial charge in [0.15, 0.2) is 11.5 Å². The van der Waals surface area contributed by atoms with Crippen LogP contribution in [-0.2, 0) is 6.61 Å². The van der Waals surface area contributed by atoms with E-state index in [1.54, 1.807) is 30.5 Å². The summed E-state index contributed by atoms with van der Waals surface area (Å²) in [6.07, 6.45) is 1.56. The second-order valence-corrected chi connectivity index (χ2v) is 10.3. The minimum absolute atomic E-state index is 0.300. The van der Waals surface area contributed by atoms with Crippen LogP contribution >= 0.6 is 27.5 Å². The zero-order chi connectivity index (χ0) is 26.9. The van der Waals surface area contributed by atoms with Crippen molar-refractivity contribution in [3.8, 4) is 17.3 Å². The highest BCUT2D eigenvalue weighted by Gasteiger charge is 2.17. The van der Waals surface area contributed by atoms with Crippen molar-refractivity contribution in [1.29, 1.82) is 0 Å². The average Bonchev–Trinajstić information content (AvgIpc) is 3.36. The number of fused-ring (bicyclic) bond motifs is 2. The standard InChI is InChI=1S/C31H21BrClN3O3/c1-19-7-6-8-20(13-19)18-38-29-24(32)14-21(15-25(29)33)17-34-36-30(28-16-22-9-2-5-12-27(22)39-28)35-26-11-4-3-10-23(26)31(36)37/h2-17H,18H2,1H3. The minimum atomic E-state index is -0.310. The first-order valence-corrected chi connectivity index (χ1v) is 13.4. The van der Waals surface area contributed by atoms with Crippen molar-refractivity contribution >= 4 is 55.6 Å². The van der Waals surface area contributed by atoms with Crippen LogP contribution in [0.1, 0.15) is 16.7 Å². The van der Waals surface area contributed by atoms with E-state index in [1.165, 1.54) is 4.68 Å². The molecule has 6 aromatic rings. The van der Waals surface area contributed by atoms with Crippen LogP contribution in [0, 0.1) is 6.92 Å². The predicted molar refractivity (Wildman–Crippen MR) is 159 cm³/mol. The summed E-state index contributed by atoms with van der Waals surface area (Å²) in [7, 11) is 0. The Morgan fingerprint density at radius 3 is 2.67 bits per heavy atom. The van der Waals surface area contributed by atoms with Crippen LogP contribution in [0.4, 0.5) is 0 Å². The molecule has 0 aliphatic heterocycles. The summed E-state index contributed by atoms with van der Waals surface area (Å²) in [5.74, 6) is 1.27. The third-order valence-electron chi connectivity index (χ3n) is 6.21. The molecule has 6 rings (SSSR count). The van der Waals surface area contributed by atoms with E-state index in [4.69, 9.17) is 25.7 Å². The normalized spacial score (nSPS) is 11.6. The molecule has 0 spiro atoms. The average molecular weight is 599 g/mol. The Morgan fingerprint density at radius 2 is 1.85 bits per heavy atom. The molecule has 0 bridgehead atoms. The molecule has 0 amide bonds. The van der Waals surface area contributed by atoms with E-state index in [2.05, 4.69) is 27.1 Å². The van der Waals surface area contributed by atoms with Crippen molar-refractivity contribution in [2.75, 3.05) is 0 Å². The molecule has 0 radical (unpaired) electrons. The molecule has 0 fully saturated rings. The Balaban J connectivity index is 1.37. The van der Waals surface area contributed by atoms with Gasteiger partial charge >= 0.3 is 0 Å². The molecule has 0 saturated carbocycles. The Morgan fingerprint density at radius 1 is 1.03 bits per heavy atom. The van der Waals surface area contributed by atoms with Gasteiger partial charge < -0.3 is 9.15 Å². The van der Waals surface area contributed by atoms with Crippen LogP contribution in [0.5, 0.6) is 5.75 Å². The molecule has 0 N–H and O–H groups in total. The molecule has 0 unspecified atom stereocenters. The smallest absolute Gasteiger partial charge is 0.282 e. The second-order valence-electron chi connectivity index (χ2n) is 9.05. The zero-order valence-corrected chi connectivity index (χ0v) is 23.1. The van der Waals surface area contributed by atoms with Gasteiger partial charge in [-0.05, 0) is 70.4 Å². The lowest BCUT2D eigenvalue weighted by molar-refractivity contribution is 0.304. The number of rotatable bonds is 6. The van der Waals surface area contributed by atoms with Gasteiger partial charge in [0.05, 0.1) is 26.6 Å².